The maximum Gasteiger partial charge on any atom is 0.251 e. The standard InChI is InChI=1S/C17H22BrN3O2/c18-13-3-1-12(2-4-13)17(23)20-10-8-16(22)21-14-5-6-15(21)11-19-9-7-14/h1-4,14-15,19H,5-11H2,(H,20,23). The Bertz CT molecular complexity index is 562. The number of hydrogen-bond donors (Lipinski definition) is 2. The van der Waals surface area contributed by atoms with Crippen LogP contribution in [0.3, 0.4) is 0 Å². The Kier molecular flexibility index (Phi) is 5.33. The van der Waals surface area contributed by atoms with E-state index in [4.69, 9.17) is 0 Å². The molecule has 5 nitrogen and oxygen atoms in total. The minimum atomic E-state index is -0.134. The molecule has 1 aromatic rings. The summed E-state index contributed by atoms with van der Waals surface area (Å²) in [6.45, 7) is 2.27. The Morgan fingerprint density at radius 1 is 1.17 bits per heavy atom. The zero-order valence-corrected chi connectivity index (χ0v) is 14.6. The summed E-state index contributed by atoms with van der Waals surface area (Å²) in [4.78, 5) is 26.6. The number of fused-ring (bicyclic) bond motifs is 2. The van der Waals surface area contributed by atoms with Crippen LogP contribution in [0.15, 0.2) is 28.7 Å². The lowest BCUT2D eigenvalue weighted by molar-refractivity contribution is -0.133. The van der Waals surface area contributed by atoms with Gasteiger partial charge in [-0.15, -0.1) is 0 Å². The zero-order valence-electron chi connectivity index (χ0n) is 13.1. The van der Waals surface area contributed by atoms with Crippen molar-refractivity contribution in [1.82, 2.24) is 15.5 Å². The first-order valence-electron chi connectivity index (χ1n) is 8.21. The normalized spacial score (nSPS) is 23.4. The van der Waals surface area contributed by atoms with Crippen molar-refractivity contribution in [1.29, 1.82) is 0 Å². The van der Waals surface area contributed by atoms with Gasteiger partial charge in [0, 0.05) is 41.6 Å². The summed E-state index contributed by atoms with van der Waals surface area (Å²) >= 11 is 3.35. The number of nitrogens with zero attached hydrogens (tertiary/aromatic N) is 1. The zero-order chi connectivity index (χ0) is 16.2. The Balaban J connectivity index is 1.49. The largest absolute Gasteiger partial charge is 0.352 e. The van der Waals surface area contributed by atoms with E-state index in [1.165, 1.54) is 0 Å². The highest BCUT2D eigenvalue weighted by molar-refractivity contribution is 9.10. The molecule has 6 heteroatoms. The van der Waals surface area contributed by atoms with E-state index in [0.717, 1.165) is 36.8 Å². The second kappa shape index (κ2) is 7.45. The molecule has 2 fully saturated rings. The van der Waals surface area contributed by atoms with Crippen molar-refractivity contribution in [2.75, 3.05) is 19.6 Å². The Labute approximate surface area is 144 Å². The van der Waals surface area contributed by atoms with Gasteiger partial charge in [0.15, 0.2) is 0 Å². The number of carbonyl (C=O) groups excluding carboxylic acids is 2. The van der Waals surface area contributed by atoms with E-state index in [1.54, 1.807) is 12.1 Å². The number of carbonyl (C=O) groups is 2. The molecule has 2 aliphatic heterocycles. The second-order valence-electron chi connectivity index (χ2n) is 6.19. The number of amides is 2. The summed E-state index contributed by atoms with van der Waals surface area (Å²) in [5.74, 6) is 0.0307. The maximum atomic E-state index is 12.5. The topological polar surface area (TPSA) is 61.4 Å². The minimum absolute atomic E-state index is 0.134. The van der Waals surface area contributed by atoms with E-state index in [9.17, 15) is 9.59 Å². The fourth-order valence-corrected chi connectivity index (χ4v) is 3.77. The van der Waals surface area contributed by atoms with Crippen LogP contribution >= 0.6 is 15.9 Å². The average Bonchev–Trinajstić information content (AvgIpc) is 2.80. The lowest BCUT2D eigenvalue weighted by atomic mass is 10.1. The van der Waals surface area contributed by atoms with Crippen LogP contribution in [0.25, 0.3) is 0 Å². The number of nitrogens with one attached hydrogen (secondary N) is 2. The van der Waals surface area contributed by atoms with Crippen molar-refractivity contribution in [3.63, 3.8) is 0 Å². The lowest BCUT2D eigenvalue weighted by Crippen LogP contribution is -2.43. The van der Waals surface area contributed by atoms with Gasteiger partial charge in [-0.1, -0.05) is 15.9 Å². The molecule has 0 spiro atoms. The van der Waals surface area contributed by atoms with E-state index in [-0.39, 0.29) is 11.8 Å². The molecule has 2 heterocycles. The molecule has 3 rings (SSSR count). The van der Waals surface area contributed by atoms with Gasteiger partial charge in [0.1, 0.15) is 0 Å². The van der Waals surface area contributed by atoms with Gasteiger partial charge in [0.05, 0.1) is 0 Å². The number of halogens is 1. The molecular weight excluding hydrogens is 358 g/mol. The quantitative estimate of drug-likeness (QED) is 0.839. The summed E-state index contributed by atoms with van der Waals surface area (Å²) in [5, 5.41) is 6.23. The van der Waals surface area contributed by atoms with Gasteiger partial charge in [-0.25, -0.2) is 0 Å². The van der Waals surface area contributed by atoms with E-state index >= 15 is 0 Å². The van der Waals surface area contributed by atoms with Crippen LogP contribution in [0.5, 0.6) is 0 Å². The highest BCUT2D eigenvalue weighted by Crippen LogP contribution is 2.28. The third-order valence-corrected chi connectivity index (χ3v) is 5.20. The van der Waals surface area contributed by atoms with Crippen molar-refractivity contribution in [3.8, 4) is 0 Å². The molecule has 2 aliphatic rings. The summed E-state index contributed by atoms with van der Waals surface area (Å²) in [6, 6.07) is 7.91. The summed E-state index contributed by atoms with van der Waals surface area (Å²) in [5.41, 5.74) is 0.611. The molecule has 0 saturated carbocycles. The Morgan fingerprint density at radius 3 is 2.70 bits per heavy atom. The second-order valence-corrected chi connectivity index (χ2v) is 7.11. The predicted molar refractivity (Wildman–Crippen MR) is 92.2 cm³/mol. The molecular formula is C17H22BrN3O2. The molecule has 1 aromatic carbocycles. The summed E-state index contributed by atoms with van der Waals surface area (Å²) in [7, 11) is 0. The summed E-state index contributed by atoms with van der Waals surface area (Å²) in [6.07, 6.45) is 3.61. The van der Waals surface area contributed by atoms with Crippen LogP contribution in [0, 0.1) is 0 Å². The van der Waals surface area contributed by atoms with Crippen LogP contribution in [0.2, 0.25) is 0 Å². The van der Waals surface area contributed by atoms with E-state index in [1.807, 2.05) is 12.1 Å². The fraction of sp³-hybridized carbons (Fsp3) is 0.529. The molecule has 2 N–H and O–H groups in total. The van der Waals surface area contributed by atoms with Crippen LogP contribution in [0.1, 0.15) is 36.0 Å². The Hall–Kier alpha value is -1.40. The van der Waals surface area contributed by atoms with Gasteiger partial charge in [-0.05, 0) is 50.1 Å². The van der Waals surface area contributed by atoms with Crippen LogP contribution in [0.4, 0.5) is 0 Å². The summed E-state index contributed by atoms with van der Waals surface area (Å²) < 4.78 is 0.939. The van der Waals surface area contributed by atoms with Crippen LogP contribution < -0.4 is 10.6 Å². The molecule has 0 radical (unpaired) electrons. The van der Waals surface area contributed by atoms with E-state index in [2.05, 4.69) is 31.5 Å². The van der Waals surface area contributed by atoms with Gasteiger partial charge in [0.25, 0.3) is 5.91 Å². The van der Waals surface area contributed by atoms with Gasteiger partial charge < -0.3 is 15.5 Å². The Morgan fingerprint density at radius 2 is 1.91 bits per heavy atom. The predicted octanol–water partition coefficient (Wildman–Crippen LogP) is 1.92. The van der Waals surface area contributed by atoms with Crippen molar-refractivity contribution in [2.24, 2.45) is 0 Å². The van der Waals surface area contributed by atoms with Crippen LogP contribution in [-0.4, -0.2) is 48.4 Å². The smallest absolute Gasteiger partial charge is 0.251 e. The van der Waals surface area contributed by atoms with E-state index < -0.39 is 0 Å². The molecule has 0 aliphatic carbocycles. The number of benzene rings is 1. The highest BCUT2D eigenvalue weighted by Gasteiger charge is 2.37. The molecule has 124 valence electrons. The number of hydrogen-bond acceptors (Lipinski definition) is 3. The lowest BCUT2D eigenvalue weighted by Gasteiger charge is -2.28. The molecule has 2 saturated heterocycles. The van der Waals surface area contributed by atoms with Gasteiger partial charge >= 0.3 is 0 Å². The van der Waals surface area contributed by atoms with Crippen molar-refractivity contribution in [2.45, 2.75) is 37.8 Å². The number of rotatable bonds is 4. The first-order valence-corrected chi connectivity index (χ1v) is 9.00. The fourth-order valence-electron chi connectivity index (χ4n) is 3.50. The van der Waals surface area contributed by atoms with Crippen molar-refractivity contribution < 1.29 is 9.59 Å². The maximum absolute atomic E-state index is 12.5. The molecule has 2 atom stereocenters. The molecule has 2 bridgehead atoms. The monoisotopic (exact) mass is 379 g/mol. The minimum Gasteiger partial charge on any atom is -0.352 e. The first-order chi connectivity index (χ1) is 11.1. The third kappa shape index (κ3) is 3.93. The van der Waals surface area contributed by atoms with Crippen LogP contribution in [-0.2, 0) is 4.79 Å². The van der Waals surface area contributed by atoms with E-state index in [0.29, 0.717) is 30.6 Å². The highest BCUT2D eigenvalue weighted by atomic mass is 79.9. The molecule has 2 unspecified atom stereocenters. The SMILES string of the molecule is O=C(NCCC(=O)N1C2CCNCC1CC2)c1ccc(Br)cc1. The van der Waals surface area contributed by atoms with Crippen molar-refractivity contribution in [3.05, 3.63) is 34.3 Å². The van der Waals surface area contributed by atoms with Gasteiger partial charge in [-0.3, -0.25) is 9.59 Å². The van der Waals surface area contributed by atoms with Gasteiger partial charge in [-0.2, -0.15) is 0 Å². The molecule has 2 amide bonds. The van der Waals surface area contributed by atoms with Gasteiger partial charge in [0.2, 0.25) is 5.91 Å². The molecule has 23 heavy (non-hydrogen) atoms. The third-order valence-electron chi connectivity index (χ3n) is 4.67. The first kappa shape index (κ1) is 16.5. The average molecular weight is 380 g/mol. The molecule has 0 aromatic heterocycles. The van der Waals surface area contributed by atoms with Crippen molar-refractivity contribution >= 4 is 27.7 Å².